The molecule has 2 aromatic rings. The topological polar surface area (TPSA) is 38.9 Å². The predicted octanol–water partition coefficient (Wildman–Crippen LogP) is 4.46. The second kappa shape index (κ2) is 4.97. The zero-order valence-corrected chi connectivity index (χ0v) is 13.3. The summed E-state index contributed by atoms with van der Waals surface area (Å²) in [6, 6.07) is 4.50. The molecule has 1 aliphatic rings. The third kappa shape index (κ3) is 2.29. The molecule has 106 valence electrons. The Hall–Kier alpha value is -1.19. The van der Waals surface area contributed by atoms with E-state index in [1.54, 1.807) is 11.3 Å². The van der Waals surface area contributed by atoms with Crippen LogP contribution in [0.2, 0.25) is 0 Å². The number of benzene rings is 1. The lowest BCUT2D eigenvalue weighted by Crippen LogP contribution is -2.32. The number of aryl methyl sites for hydroxylation is 3. The van der Waals surface area contributed by atoms with Crippen molar-refractivity contribution in [2.45, 2.75) is 52.0 Å². The van der Waals surface area contributed by atoms with Gasteiger partial charge in [0, 0.05) is 10.9 Å². The van der Waals surface area contributed by atoms with Gasteiger partial charge in [-0.05, 0) is 56.4 Å². The van der Waals surface area contributed by atoms with Crippen LogP contribution in [0.4, 0.5) is 0 Å². The van der Waals surface area contributed by atoms with Gasteiger partial charge in [-0.1, -0.05) is 18.9 Å². The van der Waals surface area contributed by atoms with Crippen LogP contribution in [0.25, 0.3) is 11.3 Å². The predicted molar refractivity (Wildman–Crippen MR) is 86.1 cm³/mol. The molecule has 1 aromatic carbocycles. The van der Waals surface area contributed by atoms with E-state index in [1.807, 2.05) is 0 Å². The van der Waals surface area contributed by atoms with Crippen LogP contribution in [-0.2, 0) is 5.54 Å². The van der Waals surface area contributed by atoms with E-state index in [4.69, 9.17) is 10.7 Å². The van der Waals surface area contributed by atoms with E-state index >= 15 is 0 Å². The van der Waals surface area contributed by atoms with Crippen molar-refractivity contribution in [2.24, 2.45) is 5.73 Å². The molecule has 0 saturated heterocycles. The number of hydrogen-bond donors (Lipinski definition) is 1. The largest absolute Gasteiger partial charge is 0.319 e. The summed E-state index contributed by atoms with van der Waals surface area (Å²) in [4.78, 5) is 4.86. The Morgan fingerprint density at radius 3 is 2.40 bits per heavy atom. The lowest BCUT2D eigenvalue weighted by Gasteiger charge is -2.20. The third-order valence-corrected chi connectivity index (χ3v) is 5.60. The first kappa shape index (κ1) is 13.8. The molecule has 20 heavy (non-hydrogen) atoms. The van der Waals surface area contributed by atoms with Gasteiger partial charge in [-0.2, -0.15) is 0 Å². The smallest absolute Gasteiger partial charge is 0.113 e. The van der Waals surface area contributed by atoms with Gasteiger partial charge < -0.3 is 5.73 Å². The number of hydrogen-bond acceptors (Lipinski definition) is 3. The van der Waals surface area contributed by atoms with Gasteiger partial charge in [0.15, 0.2) is 0 Å². The second-order valence-electron chi connectivity index (χ2n) is 6.15. The van der Waals surface area contributed by atoms with Crippen LogP contribution in [0.1, 0.15) is 47.4 Å². The number of thiazole rings is 1. The highest BCUT2D eigenvalue weighted by Gasteiger charge is 2.34. The highest BCUT2D eigenvalue weighted by molar-refractivity contribution is 7.10. The van der Waals surface area contributed by atoms with E-state index in [1.165, 1.54) is 35.1 Å². The molecular weight excluding hydrogens is 264 g/mol. The zero-order valence-electron chi connectivity index (χ0n) is 12.5. The maximum Gasteiger partial charge on any atom is 0.113 e. The summed E-state index contributed by atoms with van der Waals surface area (Å²) in [5.74, 6) is 0. The van der Waals surface area contributed by atoms with E-state index in [-0.39, 0.29) is 5.54 Å². The van der Waals surface area contributed by atoms with E-state index < -0.39 is 0 Å². The lowest BCUT2D eigenvalue weighted by atomic mass is 9.98. The van der Waals surface area contributed by atoms with Crippen LogP contribution >= 0.6 is 11.3 Å². The van der Waals surface area contributed by atoms with Crippen LogP contribution in [0.5, 0.6) is 0 Å². The minimum absolute atomic E-state index is 0.170. The Balaban J connectivity index is 2.00. The van der Waals surface area contributed by atoms with Gasteiger partial charge in [-0.25, -0.2) is 4.98 Å². The molecule has 0 aliphatic heterocycles. The summed E-state index contributed by atoms with van der Waals surface area (Å²) in [5.41, 5.74) is 12.6. The Kier molecular flexibility index (Phi) is 3.43. The van der Waals surface area contributed by atoms with Crippen molar-refractivity contribution >= 4 is 11.3 Å². The van der Waals surface area contributed by atoms with Crippen molar-refractivity contribution in [1.82, 2.24) is 4.98 Å². The van der Waals surface area contributed by atoms with Gasteiger partial charge in [0.2, 0.25) is 0 Å². The number of nitrogens with zero attached hydrogens (tertiary/aromatic N) is 1. The SMILES string of the molecule is Cc1cc(C)c(-c2csc(C3(N)CCCC3)n2)cc1C. The quantitative estimate of drug-likeness (QED) is 0.885. The van der Waals surface area contributed by atoms with Crippen LogP contribution in [0.15, 0.2) is 17.5 Å². The highest BCUT2D eigenvalue weighted by Crippen LogP contribution is 2.39. The third-order valence-electron chi connectivity index (χ3n) is 4.54. The Morgan fingerprint density at radius 2 is 1.70 bits per heavy atom. The number of rotatable bonds is 2. The van der Waals surface area contributed by atoms with Crippen molar-refractivity contribution in [2.75, 3.05) is 0 Å². The molecule has 0 unspecified atom stereocenters. The normalized spacial score (nSPS) is 17.6. The van der Waals surface area contributed by atoms with E-state index in [2.05, 4.69) is 38.3 Å². The van der Waals surface area contributed by atoms with Crippen molar-refractivity contribution < 1.29 is 0 Å². The maximum atomic E-state index is 6.51. The molecule has 0 amide bonds. The average molecular weight is 286 g/mol. The summed E-state index contributed by atoms with van der Waals surface area (Å²) in [6.07, 6.45) is 4.61. The molecule has 3 rings (SSSR count). The molecule has 0 atom stereocenters. The maximum absolute atomic E-state index is 6.51. The minimum Gasteiger partial charge on any atom is -0.319 e. The summed E-state index contributed by atoms with van der Waals surface area (Å²) in [5, 5.41) is 3.28. The van der Waals surface area contributed by atoms with Crippen molar-refractivity contribution in [3.63, 3.8) is 0 Å². The van der Waals surface area contributed by atoms with Gasteiger partial charge in [-0.15, -0.1) is 11.3 Å². The van der Waals surface area contributed by atoms with Gasteiger partial charge in [0.25, 0.3) is 0 Å². The molecule has 2 nitrogen and oxygen atoms in total. The molecule has 1 heterocycles. The van der Waals surface area contributed by atoms with Crippen molar-refractivity contribution in [1.29, 1.82) is 0 Å². The first-order valence-corrected chi connectivity index (χ1v) is 8.21. The van der Waals surface area contributed by atoms with Gasteiger partial charge >= 0.3 is 0 Å². The average Bonchev–Trinajstić information content (AvgIpc) is 3.03. The zero-order chi connectivity index (χ0) is 14.3. The summed E-state index contributed by atoms with van der Waals surface area (Å²) >= 11 is 1.72. The first-order chi connectivity index (χ1) is 9.49. The molecule has 0 spiro atoms. The fourth-order valence-electron chi connectivity index (χ4n) is 3.08. The molecule has 3 heteroatoms. The van der Waals surface area contributed by atoms with Gasteiger partial charge in [-0.3, -0.25) is 0 Å². The lowest BCUT2D eigenvalue weighted by molar-refractivity contribution is 0.459. The summed E-state index contributed by atoms with van der Waals surface area (Å²) < 4.78 is 0. The molecule has 1 aliphatic carbocycles. The highest BCUT2D eigenvalue weighted by atomic mass is 32.1. The van der Waals surface area contributed by atoms with Crippen LogP contribution in [0, 0.1) is 20.8 Å². The Labute approximate surface area is 125 Å². The molecule has 2 N–H and O–H groups in total. The van der Waals surface area contributed by atoms with Gasteiger partial charge in [0.1, 0.15) is 5.01 Å². The summed E-state index contributed by atoms with van der Waals surface area (Å²) in [7, 11) is 0. The van der Waals surface area contributed by atoms with Crippen molar-refractivity contribution in [3.05, 3.63) is 39.2 Å². The van der Waals surface area contributed by atoms with E-state index in [0.29, 0.717) is 0 Å². The molecule has 0 bridgehead atoms. The van der Waals surface area contributed by atoms with Crippen LogP contribution in [0.3, 0.4) is 0 Å². The summed E-state index contributed by atoms with van der Waals surface area (Å²) in [6.45, 7) is 6.48. The fraction of sp³-hybridized carbons (Fsp3) is 0.471. The Bertz CT molecular complexity index is 636. The number of aromatic nitrogens is 1. The van der Waals surface area contributed by atoms with Crippen LogP contribution in [-0.4, -0.2) is 4.98 Å². The first-order valence-electron chi connectivity index (χ1n) is 7.33. The monoisotopic (exact) mass is 286 g/mol. The molecule has 1 aromatic heterocycles. The van der Waals surface area contributed by atoms with Gasteiger partial charge in [0.05, 0.1) is 11.2 Å². The number of nitrogens with two attached hydrogens (primary N) is 1. The standard InChI is InChI=1S/C17H22N2S/c1-11-8-13(3)14(9-12(11)2)15-10-20-16(19-15)17(18)6-4-5-7-17/h8-10H,4-7,18H2,1-3H3. The van der Waals surface area contributed by atoms with Crippen molar-refractivity contribution in [3.8, 4) is 11.3 Å². The molecular formula is C17H22N2S. The molecule has 1 fully saturated rings. The minimum atomic E-state index is -0.170. The molecule has 0 radical (unpaired) electrons. The fourth-order valence-corrected chi connectivity index (χ4v) is 4.08. The van der Waals surface area contributed by atoms with Crippen LogP contribution < -0.4 is 5.73 Å². The second-order valence-corrected chi connectivity index (χ2v) is 7.01. The Morgan fingerprint density at radius 1 is 1.05 bits per heavy atom. The molecule has 1 saturated carbocycles. The van der Waals surface area contributed by atoms with E-state index in [0.717, 1.165) is 23.5 Å². The van der Waals surface area contributed by atoms with E-state index in [9.17, 15) is 0 Å².